The van der Waals surface area contributed by atoms with Gasteiger partial charge in [0.05, 0.1) is 11.6 Å². The van der Waals surface area contributed by atoms with Crippen LogP contribution < -0.4 is 10.1 Å². The van der Waals surface area contributed by atoms with Gasteiger partial charge in [-0.1, -0.05) is 30.3 Å². The summed E-state index contributed by atoms with van der Waals surface area (Å²) in [5.74, 6) is 0.162. The fourth-order valence-electron chi connectivity index (χ4n) is 3.11. The van der Waals surface area contributed by atoms with Gasteiger partial charge in [0.2, 0.25) is 0 Å². The highest BCUT2D eigenvalue weighted by Crippen LogP contribution is 2.26. The van der Waals surface area contributed by atoms with Crippen LogP contribution in [0.15, 0.2) is 60.3 Å². The molecule has 146 valence electrons. The third-order valence-corrected chi connectivity index (χ3v) is 5.55. The summed E-state index contributed by atoms with van der Waals surface area (Å²) >= 11 is 3.54. The van der Waals surface area contributed by atoms with Crippen LogP contribution in [0.2, 0.25) is 0 Å². The van der Waals surface area contributed by atoms with Crippen molar-refractivity contribution in [1.29, 1.82) is 0 Å². The van der Waals surface area contributed by atoms with Gasteiger partial charge in [0.25, 0.3) is 11.8 Å². The van der Waals surface area contributed by atoms with Gasteiger partial charge in [0.15, 0.2) is 0 Å². The largest absolute Gasteiger partial charge is 0.497 e. The fourth-order valence-corrected chi connectivity index (χ4v) is 3.65. The molecule has 28 heavy (non-hydrogen) atoms. The number of halogens is 1. The minimum Gasteiger partial charge on any atom is -0.497 e. The van der Waals surface area contributed by atoms with Crippen LogP contribution in [0.1, 0.15) is 35.2 Å². The summed E-state index contributed by atoms with van der Waals surface area (Å²) < 4.78 is 5.71. The number of benzene rings is 2. The average molecular weight is 443 g/mol. The molecule has 0 aliphatic carbocycles. The molecule has 0 spiro atoms. The monoisotopic (exact) mass is 442 g/mol. The third kappa shape index (κ3) is 4.81. The summed E-state index contributed by atoms with van der Waals surface area (Å²) in [5.41, 5.74) is 1.55. The lowest BCUT2D eigenvalue weighted by Crippen LogP contribution is -2.41. The Morgan fingerprint density at radius 1 is 0.929 bits per heavy atom. The first-order chi connectivity index (χ1) is 13.6. The first-order valence-electron chi connectivity index (χ1n) is 9.30. The van der Waals surface area contributed by atoms with E-state index in [0.29, 0.717) is 28.9 Å². The standard InChI is InChI=1S/C22H23BrN2O3/c1-28-18-12-10-17(11-13-18)21(26)24-20(19(23)16-8-4-2-5-9-16)22(27)25-14-6-3-7-15-25/h2,4-5,8-13H,3,6-7,14-15H2,1H3,(H,24,26)/b20-19+. The van der Waals surface area contributed by atoms with Gasteiger partial charge in [0, 0.05) is 18.7 Å². The molecule has 1 heterocycles. The number of ether oxygens (including phenoxy) is 1. The van der Waals surface area contributed by atoms with Gasteiger partial charge < -0.3 is 15.0 Å². The Morgan fingerprint density at radius 3 is 2.18 bits per heavy atom. The zero-order valence-electron chi connectivity index (χ0n) is 15.8. The Hall–Kier alpha value is -2.60. The normalized spacial score (nSPS) is 14.9. The highest BCUT2D eigenvalue weighted by atomic mass is 79.9. The van der Waals surface area contributed by atoms with Gasteiger partial charge >= 0.3 is 0 Å². The van der Waals surface area contributed by atoms with Crippen LogP contribution in [-0.4, -0.2) is 36.9 Å². The van der Waals surface area contributed by atoms with Crippen molar-refractivity contribution >= 4 is 32.2 Å². The van der Waals surface area contributed by atoms with Gasteiger partial charge in [-0.05, 0) is 65.0 Å². The Morgan fingerprint density at radius 2 is 1.57 bits per heavy atom. The van der Waals surface area contributed by atoms with E-state index >= 15 is 0 Å². The van der Waals surface area contributed by atoms with E-state index in [9.17, 15) is 9.59 Å². The Labute approximate surface area is 173 Å². The van der Waals surface area contributed by atoms with Crippen molar-refractivity contribution in [2.75, 3.05) is 20.2 Å². The zero-order valence-corrected chi connectivity index (χ0v) is 17.4. The summed E-state index contributed by atoms with van der Waals surface area (Å²) in [6.45, 7) is 1.41. The maximum atomic E-state index is 13.2. The highest BCUT2D eigenvalue weighted by Gasteiger charge is 2.25. The number of hydrogen-bond acceptors (Lipinski definition) is 3. The van der Waals surface area contributed by atoms with E-state index in [-0.39, 0.29) is 17.5 Å². The molecule has 6 heteroatoms. The third-order valence-electron chi connectivity index (χ3n) is 4.69. The highest BCUT2D eigenvalue weighted by molar-refractivity contribution is 9.15. The number of nitrogens with zero attached hydrogens (tertiary/aromatic N) is 1. The van der Waals surface area contributed by atoms with E-state index in [1.165, 1.54) is 0 Å². The van der Waals surface area contributed by atoms with Crippen molar-refractivity contribution in [3.05, 3.63) is 71.4 Å². The molecule has 0 bridgehead atoms. The van der Waals surface area contributed by atoms with Crippen LogP contribution in [-0.2, 0) is 4.79 Å². The number of piperidine rings is 1. The lowest BCUT2D eigenvalue weighted by molar-refractivity contribution is -0.128. The lowest BCUT2D eigenvalue weighted by Gasteiger charge is -2.28. The second-order valence-electron chi connectivity index (χ2n) is 6.59. The molecule has 2 aromatic carbocycles. The Balaban J connectivity index is 1.91. The SMILES string of the molecule is COc1ccc(C(=O)N/C(C(=O)N2CCCCC2)=C(/Br)c2ccccc2)cc1. The summed E-state index contributed by atoms with van der Waals surface area (Å²) in [4.78, 5) is 27.8. The first-order valence-corrected chi connectivity index (χ1v) is 10.1. The molecule has 3 rings (SSSR count). The van der Waals surface area contributed by atoms with Crippen LogP contribution in [0, 0.1) is 0 Å². The topological polar surface area (TPSA) is 58.6 Å². The zero-order chi connectivity index (χ0) is 19.9. The lowest BCUT2D eigenvalue weighted by atomic mass is 10.1. The maximum absolute atomic E-state index is 13.2. The molecule has 1 fully saturated rings. The molecular weight excluding hydrogens is 420 g/mol. The summed E-state index contributed by atoms with van der Waals surface area (Å²) in [5, 5.41) is 2.83. The first kappa shape index (κ1) is 20.1. The molecule has 1 aliphatic rings. The van der Waals surface area contributed by atoms with E-state index in [0.717, 1.165) is 24.8 Å². The molecule has 0 saturated carbocycles. The van der Waals surface area contributed by atoms with Gasteiger partial charge in [-0.2, -0.15) is 0 Å². The summed E-state index contributed by atoms with van der Waals surface area (Å²) in [6.07, 6.45) is 3.09. The summed E-state index contributed by atoms with van der Waals surface area (Å²) in [6, 6.07) is 16.3. The molecular formula is C22H23BrN2O3. The van der Waals surface area contributed by atoms with Crippen LogP contribution >= 0.6 is 15.9 Å². The number of carbonyl (C=O) groups excluding carboxylic acids is 2. The fraction of sp³-hybridized carbons (Fsp3) is 0.273. The average Bonchev–Trinajstić information content (AvgIpc) is 2.77. The molecule has 1 aliphatic heterocycles. The Kier molecular flexibility index (Phi) is 6.87. The predicted octanol–water partition coefficient (Wildman–Crippen LogP) is 4.20. The second-order valence-corrected chi connectivity index (χ2v) is 7.38. The molecule has 0 aromatic heterocycles. The summed E-state index contributed by atoms with van der Waals surface area (Å²) in [7, 11) is 1.57. The van der Waals surface area contributed by atoms with Crippen molar-refractivity contribution < 1.29 is 14.3 Å². The number of likely N-dealkylation sites (tertiary alicyclic amines) is 1. The minimum absolute atomic E-state index is 0.169. The number of amides is 2. The predicted molar refractivity (Wildman–Crippen MR) is 113 cm³/mol. The second kappa shape index (κ2) is 9.55. The van der Waals surface area contributed by atoms with E-state index < -0.39 is 0 Å². The van der Waals surface area contributed by atoms with Crippen LogP contribution in [0.25, 0.3) is 4.48 Å². The molecule has 1 saturated heterocycles. The van der Waals surface area contributed by atoms with Crippen molar-refractivity contribution in [3.8, 4) is 5.75 Å². The van der Waals surface area contributed by atoms with Gasteiger partial charge in [-0.25, -0.2) is 0 Å². The number of carbonyl (C=O) groups is 2. The van der Waals surface area contributed by atoms with Gasteiger partial charge in [-0.15, -0.1) is 0 Å². The molecule has 2 amide bonds. The smallest absolute Gasteiger partial charge is 0.271 e. The van der Waals surface area contributed by atoms with Crippen molar-refractivity contribution in [1.82, 2.24) is 10.2 Å². The van der Waals surface area contributed by atoms with Crippen molar-refractivity contribution in [2.24, 2.45) is 0 Å². The minimum atomic E-state index is -0.337. The van der Waals surface area contributed by atoms with E-state index in [1.54, 1.807) is 36.3 Å². The molecule has 0 radical (unpaired) electrons. The van der Waals surface area contributed by atoms with Crippen molar-refractivity contribution in [2.45, 2.75) is 19.3 Å². The Bertz CT molecular complexity index is 857. The number of methoxy groups -OCH3 is 1. The molecule has 2 aromatic rings. The molecule has 0 atom stereocenters. The number of rotatable bonds is 5. The van der Waals surface area contributed by atoms with E-state index in [1.807, 2.05) is 30.3 Å². The molecule has 1 N–H and O–H groups in total. The maximum Gasteiger partial charge on any atom is 0.271 e. The quantitative estimate of drug-likeness (QED) is 0.705. The van der Waals surface area contributed by atoms with Gasteiger partial charge in [0.1, 0.15) is 11.4 Å². The van der Waals surface area contributed by atoms with Crippen LogP contribution in [0.3, 0.4) is 0 Å². The van der Waals surface area contributed by atoms with Crippen LogP contribution in [0.4, 0.5) is 0 Å². The van der Waals surface area contributed by atoms with E-state index in [4.69, 9.17) is 4.74 Å². The van der Waals surface area contributed by atoms with Gasteiger partial charge in [-0.3, -0.25) is 9.59 Å². The van der Waals surface area contributed by atoms with Crippen LogP contribution in [0.5, 0.6) is 5.75 Å². The number of nitrogens with one attached hydrogen (secondary N) is 1. The number of hydrogen-bond donors (Lipinski definition) is 1. The molecule has 5 nitrogen and oxygen atoms in total. The van der Waals surface area contributed by atoms with Crippen molar-refractivity contribution in [3.63, 3.8) is 0 Å². The molecule has 0 unspecified atom stereocenters. The van der Waals surface area contributed by atoms with E-state index in [2.05, 4.69) is 21.2 Å².